The molecule has 0 aliphatic carbocycles. The number of likely N-dealkylation sites (N-methyl/N-ethyl adjacent to an activating group) is 1. The maximum atomic E-state index is 12.3. The predicted octanol–water partition coefficient (Wildman–Crippen LogP) is 2.28. The number of nitrogens with zero attached hydrogens (tertiary/aromatic N) is 1. The van der Waals surface area contributed by atoms with Gasteiger partial charge in [0.1, 0.15) is 5.75 Å². The second-order valence-corrected chi connectivity index (χ2v) is 5.74. The minimum absolute atomic E-state index is 0.207. The zero-order valence-electron chi connectivity index (χ0n) is 13.3. The number of nitrogens with one attached hydrogen (secondary N) is 1. The van der Waals surface area contributed by atoms with Crippen LogP contribution in [-0.2, 0) is 4.79 Å². The Bertz CT molecular complexity index is 488. The number of amides is 1. The highest BCUT2D eigenvalue weighted by atomic mass is 16.5. The second-order valence-electron chi connectivity index (χ2n) is 5.74. The summed E-state index contributed by atoms with van der Waals surface area (Å²) in [5.74, 6) is 1.09. The molecule has 1 aromatic carbocycles. The van der Waals surface area contributed by atoms with E-state index in [0.717, 1.165) is 37.2 Å². The summed E-state index contributed by atoms with van der Waals surface area (Å²) in [6, 6.07) is 6.37. The summed E-state index contributed by atoms with van der Waals surface area (Å²) < 4.78 is 5.78. The fraction of sp³-hybridized carbons (Fsp3) is 0.588. The highest BCUT2D eigenvalue weighted by Crippen LogP contribution is 2.21. The van der Waals surface area contributed by atoms with E-state index in [9.17, 15) is 4.79 Å². The van der Waals surface area contributed by atoms with Crippen molar-refractivity contribution in [1.29, 1.82) is 0 Å². The van der Waals surface area contributed by atoms with Crippen LogP contribution in [0.3, 0.4) is 0 Å². The first-order valence-electron chi connectivity index (χ1n) is 7.76. The van der Waals surface area contributed by atoms with E-state index in [-0.39, 0.29) is 5.91 Å². The van der Waals surface area contributed by atoms with Crippen LogP contribution in [0.4, 0.5) is 0 Å². The van der Waals surface area contributed by atoms with Gasteiger partial charge in [0.2, 0.25) is 5.91 Å². The number of likely N-dealkylation sites (tertiary alicyclic amines) is 1. The third-order valence-electron chi connectivity index (χ3n) is 4.27. The van der Waals surface area contributed by atoms with Gasteiger partial charge in [-0.2, -0.15) is 0 Å². The summed E-state index contributed by atoms with van der Waals surface area (Å²) in [7, 11) is 1.94. The lowest BCUT2D eigenvalue weighted by atomic mass is 10.1. The van der Waals surface area contributed by atoms with Gasteiger partial charge >= 0.3 is 0 Å². The Hall–Kier alpha value is -1.55. The van der Waals surface area contributed by atoms with Crippen molar-refractivity contribution in [3.05, 3.63) is 29.3 Å². The average molecular weight is 290 g/mol. The Kier molecular flexibility index (Phi) is 5.62. The maximum Gasteiger partial charge on any atom is 0.226 e. The first-order chi connectivity index (χ1) is 10.1. The first-order valence-corrected chi connectivity index (χ1v) is 7.76. The number of carbonyl (C=O) groups excluding carboxylic acids is 1. The van der Waals surface area contributed by atoms with E-state index in [2.05, 4.69) is 25.2 Å². The highest BCUT2D eigenvalue weighted by molar-refractivity contribution is 5.77. The predicted molar refractivity (Wildman–Crippen MR) is 84.7 cm³/mol. The third-order valence-corrected chi connectivity index (χ3v) is 4.27. The fourth-order valence-corrected chi connectivity index (χ4v) is 2.88. The summed E-state index contributed by atoms with van der Waals surface area (Å²) in [5, 5.41) is 3.16. The molecule has 0 aromatic heterocycles. The lowest BCUT2D eigenvalue weighted by molar-refractivity contribution is -0.132. The van der Waals surface area contributed by atoms with Gasteiger partial charge in [0.15, 0.2) is 0 Å². The molecule has 1 aliphatic rings. The number of hydrogen-bond acceptors (Lipinski definition) is 3. The second kappa shape index (κ2) is 7.46. The minimum atomic E-state index is 0.207. The Morgan fingerprint density at radius 3 is 3.00 bits per heavy atom. The number of ether oxygens (including phenoxy) is 1. The van der Waals surface area contributed by atoms with Crippen molar-refractivity contribution < 1.29 is 9.53 Å². The summed E-state index contributed by atoms with van der Waals surface area (Å²) in [5.41, 5.74) is 2.37. The largest absolute Gasteiger partial charge is 0.493 e. The molecule has 116 valence electrons. The van der Waals surface area contributed by atoms with Crippen LogP contribution in [0.5, 0.6) is 5.75 Å². The Morgan fingerprint density at radius 2 is 2.24 bits per heavy atom. The molecule has 1 atom stereocenters. The SMILES string of the molecule is CNC[C@H]1CCCN1C(=O)CCOc1cccc(C)c1C. The number of hydrogen-bond donors (Lipinski definition) is 1. The summed E-state index contributed by atoms with van der Waals surface area (Å²) in [6.45, 7) is 6.33. The van der Waals surface area contributed by atoms with Crippen LogP contribution >= 0.6 is 0 Å². The molecule has 0 saturated carbocycles. The molecule has 1 heterocycles. The van der Waals surface area contributed by atoms with Gasteiger partial charge in [-0.3, -0.25) is 4.79 Å². The number of aryl methyl sites for hydroxylation is 1. The van der Waals surface area contributed by atoms with Gasteiger partial charge in [-0.15, -0.1) is 0 Å². The van der Waals surface area contributed by atoms with Crippen molar-refractivity contribution in [2.24, 2.45) is 0 Å². The van der Waals surface area contributed by atoms with Crippen LogP contribution < -0.4 is 10.1 Å². The molecule has 4 heteroatoms. The highest BCUT2D eigenvalue weighted by Gasteiger charge is 2.27. The van der Waals surface area contributed by atoms with E-state index in [0.29, 0.717) is 19.1 Å². The van der Waals surface area contributed by atoms with Crippen LogP contribution in [0.15, 0.2) is 18.2 Å². The van der Waals surface area contributed by atoms with Crippen molar-refractivity contribution in [3.8, 4) is 5.75 Å². The summed E-state index contributed by atoms with van der Waals surface area (Å²) in [4.78, 5) is 14.3. The van der Waals surface area contributed by atoms with Gasteiger partial charge < -0.3 is 15.0 Å². The number of rotatable bonds is 6. The Morgan fingerprint density at radius 1 is 1.43 bits per heavy atom. The van der Waals surface area contributed by atoms with Crippen molar-refractivity contribution >= 4 is 5.91 Å². The molecule has 0 bridgehead atoms. The standard InChI is InChI=1S/C17H26N2O2/c1-13-6-4-8-16(14(13)2)21-11-9-17(20)19-10-5-7-15(19)12-18-3/h4,6,8,15,18H,5,7,9-12H2,1-3H3/t15-/m1/s1. The van der Waals surface area contributed by atoms with Crippen LogP contribution in [0.2, 0.25) is 0 Å². The average Bonchev–Trinajstić information content (AvgIpc) is 2.92. The van der Waals surface area contributed by atoms with Crippen LogP contribution in [0.1, 0.15) is 30.4 Å². The van der Waals surface area contributed by atoms with Gasteiger partial charge in [-0.25, -0.2) is 0 Å². The van der Waals surface area contributed by atoms with E-state index in [1.54, 1.807) is 0 Å². The van der Waals surface area contributed by atoms with Gasteiger partial charge in [-0.1, -0.05) is 12.1 Å². The number of benzene rings is 1. The summed E-state index contributed by atoms with van der Waals surface area (Å²) >= 11 is 0. The Labute approximate surface area is 127 Å². The van der Waals surface area contributed by atoms with Gasteiger partial charge in [0.25, 0.3) is 0 Å². The molecule has 4 nitrogen and oxygen atoms in total. The molecule has 1 saturated heterocycles. The van der Waals surface area contributed by atoms with Crippen molar-refractivity contribution in [2.45, 2.75) is 39.2 Å². The first kappa shape index (κ1) is 15.8. The maximum absolute atomic E-state index is 12.3. The lowest BCUT2D eigenvalue weighted by Gasteiger charge is -2.24. The van der Waals surface area contributed by atoms with Gasteiger partial charge in [-0.05, 0) is 50.9 Å². The molecule has 2 rings (SSSR count). The van der Waals surface area contributed by atoms with Crippen molar-refractivity contribution in [3.63, 3.8) is 0 Å². The molecule has 1 aliphatic heterocycles. The smallest absolute Gasteiger partial charge is 0.226 e. The van der Waals surface area contributed by atoms with E-state index in [1.165, 1.54) is 5.56 Å². The molecule has 21 heavy (non-hydrogen) atoms. The van der Waals surface area contributed by atoms with Gasteiger partial charge in [0.05, 0.1) is 13.0 Å². The molecule has 1 aromatic rings. The van der Waals surface area contributed by atoms with Crippen LogP contribution in [-0.4, -0.2) is 43.6 Å². The molecule has 0 radical (unpaired) electrons. The van der Waals surface area contributed by atoms with Crippen LogP contribution in [0, 0.1) is 13.8 Å². The monoisotopic (exact) mass is 290 g/mol. The molecule has 1 amide bonds. The molecular formula is C17H26N2O2. The molecule has 1 N–H and O–H groups in total. The van der Waals surface area contributed by atoms with Crippen molar-refractivity contribution in [1.82, 2.24) is 10.2 Å². The molecule has 1 fully saturated rings. The zero-order valence-corrected chi connectivity index (χ0v) is 13.3. The molecule has 0 spiro atoms. The topological polar surface area (TPSA) is 41.6 Å². The van der Waals surface area contributed by atoms with E-state index in [1.807, 2.05) is 24.1 Å². The normalized spacial score (nSPS) is 18.0. The van der Waals surface area contributed by atoms with Crippen molar-refractivity contribution in [2.75, 3.05) is 26.7 Å². The lowest BCUT2D eigenvalue weighted by Crippen LogP contribution is -2.41. The van der Waals surface area contributed by atoms with Gasteiger partial charge in [0, 0.05) is 19.1 Å². The zero-order chi connectivity index (χ0) is 15.2. The molecular weight excluding hydrogens is 264 g/mol. The van der Waals surface area contributed by atoms with Crippen LogP contribution in [0.25, 0.3) is 0 Å². The minimum Gasteiger partial charge on any atom is -0.493 e. The summed E-state index contributed by atoms with van der Waals surface area (Å²) in [6.07, 6.45) is 2.66. The molecule has 0 unspecified atom stereocenters. The van der Waals surface area contributed by atoms with E-state index in [4.69, 9.17) is 4.74 Å². The quantitative estimate of drug-likeness (QED) is 0.874. The van der Waals surface area contributed by atoms with E-state index >= 15 is 0 Å². The Balaban J connectivity index is 1.83. The third kappa shape index (κ3) is 3.97. The number of carbonyl (C=O) groups is 1. The fourth-order valence-electron chi connectivity index (χ4n) is 2.88. The van der Waals surface area contributed by atoms with E-state index < -0.39 is 0 Å².